The molecule has 2 aliphatic heterocycles. The average molecular weight is 313 g/mol. The van der Waals surface area contributed by atoms with Crippen molar-refractivity contribution in [2.45, 2.75) is 18.9 Å². The first-order chi connectivity index (χ1) is 11.3. The number of nitrogens with zero attached hydrogens (tertiary/aromatic N) is 2. The molecule has 5 nitrogen and oxygen atoms in total. The highest BCUT2D eigenvalue weighted by Gasteiger charge is 2.25. The molecule has 2 saturated heterocycles. The van der Waals surface area contributed by atoms with Crippen LogP contribution in [-0.4, -0.2) is 66.1 Å². The van der Waals surface area contributed by atoms with Gasteiger partial charge in [0.05, 0.1) is 6.10 Å². The Balaban J connectivity index is 1.36. The molecule has 1 atom stereocenters. The van der Waals surface area contributed by atoms with E-state index in [4.69, 9.17) is 4.74 Å². The molecule has 2 aliphatic rings. The number of amides is 1. The lowest BCUT2D eigenvalue weighted by molar-refractivity contribution is 0.0433. The minimum Gasteiger partial charge on any atom is -0.377 e. The van der Waals surface area contributed by atoms with Gasteiger partial charge in [0.2, 0.25) is 0 Å². The van der Waals surface area contributed by atoms with Gasteiger partial charge in [0, 0.05) is 56.6 Å². The third kappa shape index (κ3) is 3.12. The van der Waals surface area contributed by atoms with Crippen molar-refractivity contribution in [2.24, 2.45) is 0 Å². The normalized spacial score (nSPS) is 22.8. The van der Waals surface area contributed by atoms with Crippen LogP contribution in [0, 0.1) is 0 Å². The predicted octanol–water partition coefficient (Wildman–Crippen LogP) is 2.10. The van der Waals surface area contributed by atoms with Gasteiger partial charge in [-0.3, -0.25) is 9.69 Å². The van der Waals surface area contributed by atoms with Crippen molar-refractivity contribution in [2.75, 3.05) is 39.3 Å². The van der Waals surface area contributed by atoms with Crippen LogP contribution >= 0.6 is 0 Å². The predicted molar refractivity (Wildman–Crippen MR) is 89.6 cm³/mol. The molecule has 5 heteroatoms. The minimum absolute atomic E-state index is 0.137. The molecule has 1 unspecified atom stereocenters. The molecule has 2 aromatic rings. The number of aromatic amines is 1. The number of hydrogen-bond acceptors (Lipinski definition) is 3. The highest BCUT2D eigenvalue weighted by molar-refractivity contribution is 5.98. The van der Waals surface area contributed by atoms with Crippen LogP contribution in [0.2, 0.25) is 0 Å². The quantitative estimate of drug-likeness (QED) is 0.944. The molecule has 122 valence electrons. The van der Waals surface area contributed by atoms with E-state index in [0.717, 1.165) is 55.8 Å². The molecular weight excluding hydrogens is 290 g/mol. The van der Waals surface area contributed by atoms with E-state index in [1.165, 1.54) is 12.8 Å². The number of H-pyrrole nitrogens is 1. The Hall–Kier alpha value is -1.85. The average Bonchev–Trinajstić information content (AvgIpc) is 3.25. The number of ether oxygens (including phenoxy) is 1. The van der Waals surface area contributed by atoms with Gasteiger partial charge in [0.15, 0.2) is 0 Å². The van der Waals surface area contributed by atoms with Gasteiger partial charge in [-0.2, -0.15) is 0 Å². The van der Waals surface area contributed by atoms with Crippen molar-refractivity contribution in [1.82, 2.24) is 14.8 Å². The Morgan fingerprint density at radius 2 is 2.09 bits per heavy atom. The second-order valence-corrected chi connectivity index (χ2v) is 6.51. The molecule has 1 N–H and O–H groups in total. The summed E-state index contributed by atoms with van der Waals surface area (Å²) in [6, 6.07) is 7.91. The van der Waals surface area contributed by atoms with E-state index < -0.39 is 0 Å². The minimum atomic E-state index is 0.137. The summed E-state index contributed by atoms with van der Waals surface area (Å²) in [6.45, 7) is 5.40. The Bertz CT molecular complexity index is 682. The molecule has 1 amide bonds. The molecule has 0 bridgehead atoms. The Kier molecular flexibility index (Phi) is 4.06. The smallest absolute Gasteiger partial charge is 0.254 e. The summed E-state index contributed by atoms with van der Waals surface area (Å²) in [4.78, 5) is 20.3. The maximum absolute atomic E-state index is 12.7. The molecule has 2 fully saturated rings. The van der Waals surface area contributed by atoms with Crippen LogP contribution in [0.5, 0.6) is 0 Å². The van der Waals surface area contributed by atoms with Crippen LogP contribution in [0.25, 0.3) is 10.9 Å². The third-order valence-corrected chi connectivity index (χ3v) is 4.95. The molecule has 1 aromatic carbocycles. The van der Waals surface area contributed by atoms with Gasteiger partial charge in [0.1, 0.15) is 0 Å². The molecule has 0 radical (unpaired) electrons. The van der Waals surface area contributed by atoms with Crippen molar-refractivity contribution >= 4 is 16.8 Å². The van der Waals surface area contributed by atoms with Gasteiger partial charge in [-0.1, -0.05) is 6.07 Å². The Labute approximate surface area is 136 Å². The van der Waals surface area contributed by atoms with Gasteiger partial charge < -0.3 is 14.6 Å². The fourth-order valence-electron chi connectivity index (χ4n) is 3.57. The number of carbonyl (C=O) groups excluding carboxylic acids is 1. The third-order valence-electron chi connectivity index (χ3n) is 4.95. The molecular formula is C18H23N3O2. The number of nitrogens with one attached hydrogen (secondary N) is 1. The van der Waals surface area contributed by atoms with Crippen LogP contribution in [-0.2, 0) is 4.74 Å². The summed E-state index contributed by atoms with van der Waals surface area (Å²) in [6.07, 6.45) is 4.66. The van der Waals surface area contributed by atoms with Gasteiger partial charge in [-0.25, -0.2) is 0 Å². The lowest BCUT2D eigenvalue weighted by Gasteiger charge is -2.35. The van der Waals surface area contributed by atoms with Gasteiger partial charge in [-0.05, 0) is 36.4 Å². The van der Waals surface area contributed by atoms with E-state index in [9.17, 15) is 4.79 Å². The number of benzene rings is 1. The standard InChI is InChI=1S/C18H23N3O2/c22-18(15-4-3-14-5-6-19-17(14)12-15)21-9-7-20(8-10-21)13-16-2-1-11-23-16/h3-6,12,16,19H,1-2,7-11,13H2. The van der Waals surface area contributed by atoms with E-state index >= 15 is 0 Å². The fraction of sp³-hybridized carbons (Fsp3) is 0.500. The van der Waals surface area contributed by atoms with Crippen LogP contribution in [0.4, 0.5) is 0 Å². The highest BCUT2D eigenvalue weighted by atomic mass is 16.5. The van der Waals surface area contributed by atoms with Crippen LogP contribution in [0.1, 0.15) is 23.2 Å². The van der Waals surface area contributed by atoms with Crippen LogP contribution in [0.15, 0.2) is 30.5 Å². The summed E-state index contributed by atoms with van der Waals surface area (Å²) in [5.41, 5.74) is 1.79. The monoisotopic (exact) mass is 313 g/mol. The topological polar surface area (TPSA) is 48.6 Å². The number of carbonyl (C=O) groups is 1. The Morgan fingerprint density at radius 3 is 2.87 bits per heavy atom. The first-order valence-corrected chi connectivity index (χ1v) is 8.50. The van der Waals surface area contributed by atoms with E-state index in [1.54, 1.807) is 0 Å². The Morgan fingerprint density at radius 1 is 1.22 bits per heavy atom. The maximum Gasteiger partial charge on any atom is 0.254 e. The number of rotatable bonds is 3. The largest absolute Gasteiger partial charge is 0.377 e. The van der Waals surface area contributed by atoms with Crippen LogP contribution in [0.3, 0.4) is 0 Å². The number of piperazine rings is 1. The number of aromatic nitrogens is 1. The second kappa shape index (κ2) is 6.34. The van der Waals surface area contributed by atoms with Crippen molar-refractivity contribution in [1.29, 1.82) is 0 Å². The second-order valence-electron chi connectivity index (χ2n) is 6.51. The molecule has 0 aliphatic carbocycles. The molecule has 1 aromatic heterocycles. The van der Waals surface area contributed by atoms with Gasteiger partial charge in [-0.15, -0.1) is 0 Å². The summed E-state index contributed by atoms with van der Waals surface area (Å²) in [7, 11) is 0. The summed E-state index contributed by atoms with van der Waals surface area (Å²) < 4.78 is 5.71. The van der Waals surface area contributed by atoms with E-state index in [1.807, 2.05) is 35.4 Å². The van der Waals surface area contributed by atoms with E-state index in [-0.39, 0.29) is 5.91 Å². The first-order valence-electron chi connectivity index (χ1n) is 8.50. The highest BCUT2D eigenvalue weighted by Crippen LogP contribution is 2.18. The summed E-state index contributed by atoms with van der Waals surface area (Å²) in [5, 5.41) is 1.14. The summed E-state index contributed by atoms with van der Waals surface area (Å²) >= 11 is 0. The molecule has 4 rings (SSSR count). The van der Waals surface area contributed by atoms with Gasteiger partial charge in [0.25, 0.3) is 5.91 Å². The lowest BCUT2D eigenvalue weighted by Crippen LogP contribution is -2.50. The first kappa shape index (κ1) is 14.7. The van der Waals surface area contributed by atoms with Crippen molar-refractivity contribution in [3.63, 3.8) is 0 Å². The van der Waals surface area contributed by atoms with Crippen molar-refractivity contribution in [3.8, 4) is 0 Å². The van der Waals surface area contributed by atoms with Crippen molar-refractivity contribution < 1.29 is 9.53 Å². The molecule has 0 spiro atoms. The zero-order chi connectivity index (χ0) is 15.6. The molecule has 23 heavy (non-hydrogen) atoms. The van der Waals surface area contributed by atoms with Gasteiger partial charge >= 0.3 is 0 Å². The fourth-order valence-corrected chi connectivity index (χ4v) is 3.57. The van der Waals surface area contributed by atoms with Crippen molar-refractivity contribution in [3.05, 3.63) is 36.0 Å². The lowest BCUT2D eigenvalue weighted by atomic mass is 10.1. The van der Waals surface area contributed by atoms with E-state index in [0.29, 0.717) is 6.10 Å². The molecule has 3 heterocycles. The molecule has 0 saturated carbocycles. The SMILES string of the molecule is O=C(c1ccc2cc[nH]c2c1)N1CCN(CC2CCCO2)CC1. The maximum atomic E-state index is 12.7. The zero-order valence-electron chi connectivity index (χ0n) is 13.3. The van der Waals surface area contributed by atoms with Crippen LogP contribution < -0.4 is 0 Å². The summed E-state index contributed by atoms with van der Waals surface area (Å²) in [5.74, 6) is 0.137. The zero-order valence-corrected chi connectivity index (χ0v) is 13.3. The number of hydrogen-bond donors (Lipinski definition) is 1. The number of fused-ring (bicyclic) bond motifs is 1. The van der Waals surface area contributed by atoms with E-state index in [2.05, 4.69) is 9.88 Å².